The maximum absolute atomic E-state index is 12.8. The number of fused-ring (bicyclic) bond motifs is 3. The lowest BCUT2D eigenvalue weighted by Crippen LogP contribution is -2.11. The van der Waals surface area contributed by atoms with E-state index in [1.807, 2.05) is 0 Å². The van der Waals surface area contributed by atoms with E-state index in [4.69, 9.17) is 35.0 Å². The number of methoxy groups -OCH3 is 3. The van der Waals surface area contributed by atoms with Crippen molar-refractivity contribution in [2.45, 2.75) is 19.3 Å². The fraction of sp³-hybridized carbons (Fsp3) is 0.273. The van der Waals surface area contributed by atoms with Gasteiger partial charge in [0.15, 0.2) is 17.2 Å². The molecule has 4 rings (SSSR count). The van der Waals surface area contributed by atoms with Crippen LogP contribution >= 0.6 is 11.6 Å². The van der Waals surface area contributed by atoms with Crippen LogP contribution in [0.25, 0.3) is 11.0 Å². The standard InChI is InChI=1S/C22H19ClO7/c1-26-18-7-11(8-19(27-2)20(18)28-3)21(24)30-17-10-16-14(9-15(17)23)12-5-4-6-13(12)22(25)29-16/h7-10H,4-6H2,1-3H3. The van der Waals surface area contributed by atoms with Crippen molar-refractivity contribution in [3.05, 3.63) is 56.4 Å². The molecule has 1 heterocycles. The maximum Gasteiger partial charge on any atom is 0.343 e. The van der Waals surface area contributed by atoms with Gasteiger partial charge in [-0.05, 0) is 43.0 Å². The average Bonchev–Trinajstić information content (AvgIpc) is 3.24. The van der Waals surface area contributed by atoms with Crippen molar-refractivity contribution in [1.29, 1.82) is 0 Å². The van der Waals surface area contributed by atoms with Crippen LogP contribution in [0.5, 0.6) is 23.0 Å². The molecule has 30 heavy (non-hydrogen) atoms. The van der Waals surface area contributed by atoms with Gasteiger partial charge in [0.1, 0.15) is 5.58 Å². The van der Waals surface area contributed by atoms with Crippen molar-refractivity contribution < 1.29 is 28.2 Å². The van der Waals surface area contributed by atoms with E-state index in [-0.39, 0.29) is 22.0 Å². The van der Waals surface area contributed by atoms with Gasteiger partial charge in [-0.3, -0.25) is 0 Å². The number of carbonyl (C=O) groups is 1. The van der Waals surface area contributed by atoms with Crippen LogP contribution in [-0.4, -0.2) is 27.3 Å². The molecule has 1 aromatic heterocycles. The molecular formula is C22H19ClO7. The Morgan fingerprint density at radius 1 is 0.933 bits per heavy atom. The second-order valence-corrected chi connectivity index (χ2v) is 7.19. The third-order valence-corrected chi connectivity index (χ3v) is 5.42. The Kier molecular flexibility index (Phi) is 5.30. The van der Waals surface area contributed by atoms with Crippen LogP contribution in [0.1, 0.15) is 27.9 Å². The van der Waals surface area contributed by atoms with Gasteiger partial charge < -0.3 is 23.4 Å². The minimum absolute atomic E-state index is 0.0871. The normalized spacial score (nSPS) is 12.5. The summed E-state index contributed by atoms with van der Waals surface area (Å²) in [5.74, 6) is 0.392. The van der Waals surface area contributed by atoms with E-state index in [1.54, 1.807) is 6.07 Å². The molecule has 0 aliphatic heterocycles. The fourth-order valence-electron chi connectivity index (χ4n) is 3.72. The van der Waals surface area contributed by atoms with E-state index in [9.17, 15) is 9.59 Å². The van der Waals surface area contributed by atoms with E-state index in [1.165, 1.54) is 39.5 Å². The molecule has 0 spiro atoms. The first kappa shape index (κ1) is 20.1. The zero-order valence-corrected chi connectivity index (χ0v) is 17.4. The number of ether oxygens (including phenoxy) is 4. The predicted molar refractivity (Wildman–Crippen MR) is 111 cm³/mol. The summed E-state index contributed by atoms with van der Waals surface area (Å²) in [5.41, 5.74) is 1.79. The van der Waals surface area contributed by atoms with Crippen molar-refractivity contribution in [3.63, 3.8) is 0 Å². The molecule has 0 saturated heterocycles. The Hall–Kier alpha value is -3.19. The van der Waals surface area contributed by atoms with Crippen molar-refractivity contribution in [1.82, 2.24) is 0 Å². The third kappa shape index (κ3) is 3.35. The molecule has 1 aliphatic carbocycles. The highest BCUT2D eigenvalue weighted by Gasteiger charge is 2.23. The lowest BCUT2D eigenvalue weighted by molar-refractivity contribution is 0.0734. The summed E-state index contributed by atoms with van der Waals surface area (Å²) in [5, 5.41) is 1.01. The number of aryl methyl sites for hydroxylation is 1. The lowest BCUT2D eigenvalue weighted by Gasteiger charge is -2.14. The van der Waals surface area contributed by atoms with Gasteiger partial charge >= 0.3 is 11.6 Å². The Labute approximate surface area is 177 Å². The molecule has 156 valence electrons. The summed E-state index contributed by atoms with van der Waals surface area (Å²) in [6.45, 7) is 0. The van der Waals surface area contributed by atoms with Gasteiger partial charge in [-0.2, -0.15) is 0 Å². The molecule has 0 bridgehead atoms. The zero-order chi connectivity index (χ0) is 21.4. The van der Waals surface area contributed by atoms with Crippen molar-refractivity contribution in [3.8, 4) is 23.0 Å². The summed E-state index contributed by atoms with van der Waals surface area (Å²) in [4.78, 5) is 25.0. The van der Waals surface area contributed by atoms with Crippen LogP contribution in [0.15, 0.2) is 33.5 Å². The van der Waals surface area contributed by atoms with Gasteiger partial charge in [-0.15, -0.1) is 0 Å². The Balaban J connectivity index is 1.72. The number of benzene rings is 2. The van der Waals surface area contributed by atoms with Gasteiger partial charge in [0, 0.05) is 17.0 Å². The van der Waals surface area contributed by atoms with Crippen LogP contribution in [0, 0.1) is 0 Å². The Bertz CT molecular complexity index is 1190. The first-order chi connectivity index (χ1) is 14.5. The predicted octanol–water partition coefficient (Wildman–Crippen LogP) is 4.18. The van der Waals surface area contributed by atoms with E-state index in [0.29, 0.717) is 34.8 Å². The van der Waals surface area contributed by atoms with E-state index < -0.39 is 5.97 Å². The highest BCUT2D eigenvalue weighted by molar-refractivity contribution is 6.33. The number of hydrogen-bond donors (Lipinski definition) is 0. The number of hydrogen-bond acceptors (Lipinski definition) is 7. The SMILES string of the molecule is COc1cc(C(=O)Oc2cc3oc(=O)c4c(c3cc2Cl)CCC4)cc(OC)c1OC. The second-order valence-electron chi connectivity index (χ2n) is 6.78. The molecule has 0 fully saturated rings. The first-order valence-electron chi connectivity index (χ1n) is 9.27. The zero-order valence-electron chi connectivity index (χ0n) is 16.7. The second kappa shape index (κ2) is 7.91. The van der Waals surface area contributed by atoms with Gasteiger partial charge in [0.2, 0.25) is 5.75 Å². The summed E-state index contributed by atoms with van der Waals surface area (Å²) in [6.07, 6.45) is 2.39. The largest absolute Gasteiger partial charge is 0.493 e. The quantitative estimate of drug-likeness (QED) is 0.341. The number of esters is 1. The smallest absolute Gasteiger partial charge is 0.343 e. The molecule has 1 aliphatic rings. The minimum atomic E-state index is -0.681. The van der Waals surface area contributed by atoms with Crippen molar-refractivity contribution >= 4 is 28.5 Å². The van der Waals surface area contributed by atoms with Gasteiger partial charge in [0.25, 0.3) is 0 Å². The summed E-state index contributed by atoms with van der Waals surface area (Å²) < 4.78 is 26.7. The minimum Gasteiger partial charge on any atom is -0.493 e. The number of rotatable bonds is 5. The molecular weight excluding hydrogens is 412 g/mol. The Morgan fingerprint density at radius 2 is 1.60 bits per heavy atom. The lowest BCUT2D eigenvalue weighted by atomic mass is 10.1. The summed E-state index contributed by atoms with van der Waals surface area (Å²) in [7, 11) is 4.37. The van der Waals surface area contributed by atoms with Crippen molar-refractivity contribution in [2.75, 3.05) is 21.3 Å². The monoisotopic (exact) mass is 430 g/mol. The van der Waals surface area contributed by atoms with Crippen molar-refractivity contribution in [2.24, 2.45) is 0 Å². The van der Waals surface area contributed by atoms with Crippen LogP contribution in [0.4, 0.5) is 0 Å². The van der Waals surface area contributed by atoms with Gasteiger partial charge in [-0.1, -0.05) is 11.6 Å². The van der Waals surface area contributed by atoms with Crippen LogP contribution in [-0.2, 0) is 12.8 Å². The molecule has 7 nitrogen and oxygen atoms in total. The van der Waals surface area contributed by atoms with E-state index >= 15 is 0 Å². The first-order valence-corrected chi connectivity index (χ1v) is 9.65. The molecule has 2 aromatic carbocycles. The highest BCUT2D eigenvalue weighted by atomic mass is 35.5. The average molecular weight is 431 g/mol. The van der Waals surface area contributed by atoms with E-state index in [0.717, 1.165) is 23.8 Å². The van der Waals surface area contributed by atoms with Crippen LogP contribution in [0.2, 0.25) is 5.02 Å². The number of halogens is 1. The van der Waals surface area contributed by atoms with E-state index in [2.05, 4.69) is 0 Å². The molecule has 0 radical (unpaired) electrons. The molecule has 0 N–H and O–H groups in total. The Morgan fingerprint density at radius 3 is 2.23 bits per heavy atom. The molecule has 8 heteroatoms. The molecule has 0 amide bonds. The van der Waals surface area contributed by atoms with Crippen LogP contribution < -0.4 is 24.6 Å². The number of carbonyl (C=O) groups excluding carboxylic acids is 1. The maximum atomic E-state index is 12.8. The third-order valence-electron chi connectivity index (χ3n) is 5.13. The van der Waals surface area contributed by atoms with Crippen LogP contribution in [0.3, 0.4) is 0 Å². The topological polar surface area (TPSA) is 84.2 Å². The highest BCUT2D eigenvalue weighted by Crippen LogP contribution is 2.39. The molecule has 0 saturated carbocycles. The summed E-state index contributed by atoms with van der Waals surface area (Å²) in [6, 6.07) is 6.09. The molecule has 0 atom stereocenters. The fourth-order valence-corrected chi connectivity index (χ4v) is 3.92. The van der Waals surface area contributed by atoms with Gasteiger partial charge in [-0.25, -0.2) is 9.59 Å². The summed E-state index contributed by atoms with van der Waals surface area (Å²) >= 11 is 6.37. The molecule has 3 aromatic rings. The van der Waals surface area contributed by atoms with Gasteiger partial charge in [0.05, 0.1) is 31.9 Å². The molecule has 0 unspecified atom stereocenters.